The molecule has 0 radical (unpaired) electrons. The second-order valence-corrected chi connectivity index (χ2v) is 5.57. The van der Waals surface area contributed by atoms with Crippen molar-refractivity contribution in [3.05, 3.63) is 33.9 Å². The Morgan fingerprint density at radius 2 is 2.25 bits per heavy atom. The molecule has 108 valence electrons. The molecule has 4 N–H and O–H groups in total. The van der Waals surface area contributed by atoms with Crippen molar-refractivity contribution in [1.29, 1.82) is 0 Å². The third-order valence-electron chi connectivity index (χ3n) is 2.86. The minimum atomic E-state index is -0.483. The molecule has 0 heterocycles. The minimum Gasteiger partial charge on any atom is -0.353 e. The van der Waals surface area contributed by atoms with E-state index in [1.54, 1.807) is 12.1 Å². The van der Waals surface area contributed by atoms with E-state index in [0.717, 1.165) is 18.4 Å². The highest BCUT2D eigenvalue weighted by molar-refractivity contribution is 7.99. The third-order valence-corrected chi connectivity index (χ3v) is 3.86. The summed E-state index contributed by atoms with van der Waals surface area (Å²) in [5.41, 5.74) is 3.30. The van der Waals surface area contributed by atoms with Gasteiger partial charge in [0.2, 0.25) is 5.91 Å². The van der Waals surface area contributed by atoms with Crippen molar-refractivity contribution in [2.45, 2.75) is 24.6 Å². The number of nitrogen functional groups attached to an aromatic ring is 1. The number of amides is 1. The fourth-order valence-corrected chi connectivity index (χ4v) is 2.48. The van der Waals surface area contributed by atoms with E-state index in [1.165, 1.54) is 17.8 Å². The Morgan fingerprint density at radius 3 is 2.85 bits per heavy atom. The molecule has 8 heteroatoms. The molecule has 1 aliphatic rings. The maximum Gasteiger partial charge on any atom is 0.293 e. The zero-order chi connectivity index (χ0) is 14.5. The smallest absolute Gasteiger partial charge is 0.293 e. The molecule has 0 aromatic heterocycles. The number of nitrogens with zero attached hydrogens (tertiary/aromatic N) is 1. The van der Waals surface area contributed by atoms with Gasteiger partial charge in [0, 0.05) is 17.9 Å². The van der Waals surface area contributed by atoms with Crippen molar-refractivity contribution in [2.75, 3.05) is 11.2 Å². The van der Waals surface area contributed by atoms with Gasteiger partial charge < -0.3 is 10.7 Å². The molecule has 7 nitrogen and oxygen atoms in total. The van der Waals surface area contributed by atoms with Crippen LogP contribution in [0.5, 0.6) is 0 Å². The number of carbonyl (C=O) groups excluding carboxylic acids is 1. The van der Waals surface area contributed by atoms with Gasteiger partial charge in [-0.15, -0.1) is 11.8 Å². The van der Waals surface area contributed by atoms with Crippen LogP contribution in [-0.2, 0) is 10.5 Å². The van der Waals surface area contributed by atoms with Crippen molar-refractivity contribution in [1.82, 2.24) is 5.32 Å². The lowest BCUT2D eigenvalue weighted by atomic mass is 10.2. The average molecular weight is 296 g/mol. The molecule has 0 saturated heterocycles. The summed E-state index contributed by atoms with van der Waals surface area (Å²) in [6.45, 7) is 0. The summed E-state index contributed by atoms with van der Waals surface area (Å²) in [6, 6.07) is 5.16. The largest absolute Gasteiger partial charge is 0.353 e. The van der Waals surface area contributed by atoms with Gasteiger partial charge in [0.15, 0.2) is 0 Å². The molecule has 0 unspecified atom stereocenters. The lowest BCUT2D eigenvalue weighted by Gasteiger charge is -2.06. The number of hydrogen-bond donors (Lipinski definition) is 3. The molecule has 1 aromatic rings. The summed E-state index contributed by atoms with van der Waals surface area (Å²) in [5.74, 6) is 6.15. The number of carbonyl (C=O) groups is 1. The van der Waals surface area contributed by atoms with Crippen LogP contribution >= 0.6 is 11.8 Å². The number of hydrazine groups is 1. The standard InChI is InChI=1S/C12H16N4O3S/c13-15-10-4-1-8(5-11(10)16(18)19)6-20-7-12(17)14-9-2-3-9/h1,4-5,9,15H,2-3,6-7,13H2,(H,14,17). The monoisotopic (exact) mass is 296 g/mol. The van der Waals surface area contributed by atoms with E-state index in [-0.39, 0.29) is 17.3 Å². The fourth-order valence-electron chi connectivity index (χ4n) is 1.70. The van der Waals surface area contributed by atoms with Crippen LogP contribution in [0.25, 0.3) is 0 Å². The summed E-state index contributed by atoms with van der Waals surface area (Å²) < 4.78 is 0. The van der Waals surface area contributed by atoms with E-state index in [1.807, 2.05) is 0 Å². The zero-order valence-electron chi connectivity index (χ0n) is 10.8. The second-order valence-electron chi connectivity index (χ2n) is 4.59. The van der Waals surface area contributed by atoms with Crippen molar-refractivity contribution < 1.29 is 9.72 Å². The summed E-state index contributed by atoms with van der Waals surface area (Å²) in [7, 11) is 0. The molecule has 1 aliphatic carbocycles. The van der Waals surface area contributed by atoms with Gasteiger partial charge in [0.1, 0.15) is 5.69 Å². The summed E-state index contributed by atoms with van der Waals surface area (Å²) >= 11 is 1.43. The topological polar surface area (TPSA) is 110 Å². The van der Waals surface area contributed by atoms with Crippen molar-refractivity contribution in [2.24, 2.45) is 5.84 Å². The summed E-state index contributed by atoms with van der Waals surface area (Å²) in [4.78, 5) is 21.9. The molecular weight excluding hydrogens is 280 g/mol. The number of thioether (sulfide) groups is 1. The SMILES string of the molecule is NNc1ccc(CSCC(=O)NC2CC2)cc1[N+](=O)[O-]. The maximum absolute atomic E-state index is 11.5. The van der Waals surface area contributed by atoms with Crippen LogP contribution in [0.3, 0.4) is 0 Å². The maximum atomic E-state index is 11.5. The first kappa shape index (κ1) is 14.6. The van der Waals surface area contributed by atoms with Gasteiger partial charge in [0.25, 0.3) is 5.69 Å². The molecule has 1 saturated carbocycles. The van der Waals surface area contributed by atoms with E-state index in [4.69, 9.17) is 5.84 Å². The van der Waals surface area contributed by atoms with Crippen LogP contribution in [0.1, 0.15) is 18.4 Å². The van der Waals surface area contributed by atoms with E-state index < -0.39 is 4.92 Å². The Balaban J connectivity index is 1.87. The first-order valence-corrected chi connectivity index (χ1v) is 7.36. The van der Waals surface area contributed by atoms with Crippen LogP contribution in [0, 0.1) is 10.1 Å². The third kappa shape index (κ3) is 4.10. The van der Waals surface area contributed by atoms with Gasteiger partial charge in [0.05, 0.1) is 10.7 Å². The number of hydrogen-bond acceptors (Lipinski definition) is 6. The zero-order valence-corrected chi connectivity index (χ0v) is 11.6. The molecule has 2 rings (SSSR count). The van der Waals surface area contributed by atoms with Gasteiger partial charge in [-0.05, 0) is 24.5 Å². The van der Waals surface area contributed by atoms with Gasteiger partial charge in [-0.25, -0.2) is 0 Å². The first-order chi connectivity index (χ1) is 9.60. The normalized spacial score (nSPS) is 13.8. The molecule has 0 spiro atoms. The Morgan fingerprint density at radius 1 is 1.50 bits per heavy atom. The van der Waals surface area contributed by atoms with Crippen molar-refractivity contribution in [3.8, 4) is 0 Å². The lowest BCUT2D eigenvalue weighted by Crippen LogP contribution is -2.27. The molecule has 20 heavy (non-hydrogen) atoms. The Hall–Kier alpha value is -1.80. The molecule has 0 bridgehead atoms. The van der Waals surface area contributed by atoms with Gasteiger partial charge in [-0.3, -0.25) is 20.8 Å². The highest BCUT2D eigenvalue weighted by atomic mass is 32.2. The summed E-state index contributed by atoms with van der Waals surface area (Å²) in [5, 5.41) is 13.8. The Labute approximate surface area is 120 Å². The van der Waals surface area contributed by atoms with Gasteiger partial charge in [-0.1, -0.05) is 6.07 Å². The number of nitrogens with one attached hydrogen (secondary N) is 2. The van der Waals surface area contributed by atoms with Crippen molar-refractivity contribution >= 4 is 29.0 Å². The van der Waals surface area contributed by atoms with E-state index in [9.17, 15) is 14.9 Å². The number of nitro benzene ring substituents is 1. The second kappa shape index (κ2) is 6.58. The highest BCUT2D eigenvalue weighted by Crippen LogP contribution is 2.26. The molecule has 1 fully saturated rings. The van der Waals surface area contributed by atoms with Crippen LogP contribution in [0.2, 0.25) is 0 Å². The average Bonchev–Trinajstić information content (AvgIpc) is 3.22. The molecular formula is C12H16N4O3S. The van der Waals surface area contributed by atoms with E-state index in [0.29, 0.717) is 17.5 Å². The number of nitro groups is 1. The van der Waals surface area contributed by atoms with Crippen molar-refractivity contribution in [3.63, 3.8) is 0 Å². The van der Waals surface area contributed by atoms with Crippen LogP contribution < -0.4 is 16.6 Å². The predicted molar refractivity (Wildman–Crippen MR) is 78.2 cm³/mol. The van der Waals surface area contributed by atoms with E-state index >= 15 is 0 Å². The molecule has 0 atom stereocenters. The highest BCUT2D eigenvalue weighted by Gasteiger charge is 2.22. The molecule has 1 amide bonds. The fraction of sp³-hybridized carbons (Fsp3) is 0.417. The van der Waals surface area contributed by atoms with Crippen LogP contribution in [0.15, 0.2) is 18.2 Å². The Kier molecular flexibility index (Phi) is 4.80. The number of anilines is 1. The number of rotatable bonds is 7. The predicted octanol–water partition coefficient (Wildman–Crippen LogP) is 1.39. The van der Waals surface area contributed by atoms with Crippen LogP contribution in [0.4, 0.5) is 11.4 Å². The van der Waals surface area contributed by atoms with Crippen LogP contribution in [-0.4, -0.2) is 22.6 Å². The first-order valence-electron chi connectivity index (χ1n) is 6.21. The number of nitrogens with two attached hydrogens (primary N) is 1. The number of benzene rings is 1. The Bertz CT molecular complexity index is 519. The molecule has 1 aromatic carbocycles. The van der Waals surface area contributed by atoms with Gasteiger partial charge >= 0.3 is 0 Å². The quantitative estimate of drug-likeness (QED) is 0.398. The van der Waals surface area contributed by atoms with E-state index in [2.05, 4.69) is 10.7 Å². The van der Waals surface area contributed by atoms with Gasteiger partial charge in [-0.2, -0.15) is 0 Å². The summed E-state index contributed by atoms with van der Waals surface area (Å²) in [6.07, 6.45) is 2.13. The lowest BCUT2D eigenvalue weighted by molar-refractivity contribution is -0.384. The minimum absolute atomic E-state index is 0.0206. The molecule has 0 aliphatic heterocycles.